The molecule has 0 unspecified atom stereocenters. The Morgan fingerprint density at radius 2 is 1.62 bits per heavy atom. The van der Waals surface area contributed by atoms with E-state index in [9.17, 15) is 9.59 Å². The largest absolute Gasteiger partial charge is 0.332 e. The van der Waals surface area contributed by atoms with Crippen LogP contribution in [-0.4, -0.2) is 36.3 Å². The molecule has 0 N–H and O–H groups in total. The molecule has 1 aliphatic heterocycles. The number of nitrogens with zero attached hydrogens (tertiary/aromatic N) is 2. The van der Waals surface area contributed by atoms with E-state index in [0.29, 0.717) is 19.5 Å². The molecule has 1 saturated heterocycles. The summed E-state index contributed by atoms with van der Waals surface area (Å²) in [4.78, 5) is 28.4. The highest BCUT2D eigenvalue weighted by atomic mass is 16.2. The van der Waals surface area contributed by atoms with E-state index < -0.39 is 0 Å². The van der Waals surface area contributed by atoms with Gasteiger partial charge >= 0.3 is 0 Å². The summed E-state index contributed by atoms with van der Waals surface area (Å²) in [5.41, 5.74) is 2.05. The van der Waals surface area contributed by atoms with Crippen LogP contribution in [0.3, 0.4) is 0 Å². The predicted octanol–water partition coefficient (Wildman–Crippen LogP) is 3.06. The molecule has 2 aromatic rings. The lowest BCUT2D eigenvalue weighted by atomic mass is 9.97. The van der Waals surface area contributed by atoms with E-state index in [-0.39, 0.29) is 24.3 Å². The monoisotopic (exact) mass is 322 g/mol. The van der Waals surface area contributed by atoms with Crippen LogP contribution in [0, 0.1) is 0 Å². The first-order valence-corrected chi connectivity index (χ1v) is 8.33. The maximum Gasteiger partial charge on any atom is 0.246 e. The van der Waals surface area contributed by atoms with Gasteiger partial charge in [-0.1, -0.05) is 55.5 Å². The molecule has 1 heterocycles. The van der Waals surface area contributed by atoms with Gasteiger partial charge in [-0.2, -0.15) is 0 Å². The molecule has 0 aliphatic carbocycles. The van der Waals surface area contributed by atoms with E-state index in [1.807, 2.05) is 60.7 Å². The van der Waals surface area contributed by atoms with Crippen molar-refractivity contribution in [3.63, 3.8) is 0 Å². The standard InChI is InChI=1S/C20H22N2O2/c1-16(17-8-4-2-5-9-17)14-19(23)21-12-13-22(20(24)15-21)18-10-6-3-7-11-18/h2-11,16H,12-15H2,1H3/t16-/m0/s1. The fraction of sp³-hybridized carbons (Fsp3) is 0.300. The number of amides is 2. The number of hydrogen-bond acceptors (Lipinski definition) is 2. The number of benzene rings is 2. The van der Waals surface area contributed by atoms with Gasteiger partial charge in [0.2, 0.25) is 11.8 Å². The second kappa shape index (κ2) is 7.30. The third kappa shape index (κ3) is 3.65. The molecule has 0 spiro atoms. The van der Waals surface area contributed by atoms with Crippen molar-refractivity contribution in [1.29, 1.82) is 0 Å². The SMILES string of the molecule is C[C@@H](CC(=O)N1CCN(c2ccccc2)C(=O)C1)c1ccccc1. The molecule has 124 valence electrons. The Hall–Kier alpha value is -2.62. The molecule has 0 bridgehead atoms. The fourth-order valence-corrected chi connectivity index (χ4v) is 3.06. The number of anilines is 1. The average Bonchev–Trinajstić information content (AvgIpc) is 2.63. The Kier molecular flexibility index (Phi) is 4.94. The molecule has 1 aliphatic rings. The summed E-state index contributed by atoms with van der Waals surface area (Å²) in [5.74, 6) is 0.182. The highest BCUT2D eigenvalue weighted by Crippen LogP contribution is 2.21. The van der Waals surface area contributed by atoms with Crippen LogP contribution in [0.5, 0.6) is 0 Å². The van der Waals surface area contributed by atoms with E-state index in [4.69, 9.17) is 0 Å². The van der Waals surface area contributed by atoms with Gasteiger partial charge in [-0.25, -0.2) is 0 Å². The Balaban J connectivity index is 1.59. The van der Waals surface area contributed by atoms with Gasteiger partial charge in [0.25, 0.3) is 0 Å². The second-order valence-corrected chi connectivity index (χ2v) is 6.21. The van der Waals surface area contributed by atoms with Gasteiger partial charge in [0.1, 0.15) is 6.54 Å². The summed E-state index contributed by atoms with van der Waals surface area (Å²) in [5, 5.41) is 0. The van der Waals surface area contributed by atoms with Crippen molar-refractivity contribution in [2.24, 2.45) is 0 Å². The average molecular weight is 322 g/mol. The van der Waals surface area contributed by atoms with Crippen LogP contribution in [0.25, 0.3) is 0 Å². The number of rotatable bonds is 4. The number of carbonyl (C=O) groups excluding carboxylic acids is 2. The summed E-state index contributed by atoms with van der Waals surface area (Å²) in [6.07, 6.45) is 0.433. The molecule has 3 rings (SSSR count). The maximum atomic E-state index is 12.5. The van der Waals surface area contributed by atoms with Gasteiger partial charge in [-0.15, -0.1) is 0 Å². The zero-order valence-corrected chi connectivity index (χ0v) is 13.9. The lowest BCUT2D eigenvalue weighted by Crippen LogP contribution is -2.52. The molecule has 4 heteroatoms. The minimum atomic E-state index is -0.0202. The van der Waals surface area contributed by atoms with E-state index in [2.05, 4.69) is 6.92 Å². The van der Waals surface area contributed by atoms with Gasteiger partial charge in [0.05, 0.1) is 0 Å². The Morgan fingerprint density at radius 1 is 1.00 bits per heavy atom. The lowest BCUT2D eigenvalue weighted by molar-refractivity contribution is -0.137. The number of piperazine rings is 1. The lowest BCUT2D eigenvalue weighted by Gasteiger charge is -2.34. The van der Waals surface area contributed by atoms with Crippen molar-refractivity contribution in [1.82, 2.24) is 4.90 Å². The quantitative estimate of drug-likeness (QED) is 0.868. The topological polar surface area (TPSA) is 40.6 Å². The van der Waals surface area contributed by atoms with Crippen LogP contribution in [0.15, 0.2) is 60.7 Å². The highest BCUT2D eigenvalue weighted by molar-refractivity contribution is 5.97. The van der Waals surface area contributed by atoms with Crippen molar-refractivity contribution in [2.45, 2.75) is 19.3 Å². The summed E-state index contributed by atoms with van der Waals surface area (Å²) < 4.78 is 0. The third-order valence-corrected chi connectivity index (χ3v) is 4.49. The first-order valence-electron chi connectivity index (χ1n) is 8.33. The van der Waals surface area contributed by atoms with E-state index >= 15 is 0 Å². The molecular weight excluding hydrogens is 300 g/mol. The van der Waals surface area contributed by atoms with Gasteiger partial charge in [0.15, 0.2) is 0 Å². The van der Waals surface area contributed by atoms with E-state index in [1.54, 1.807) is 9.80 Å². The first-order chi connectivity index (χ1) is 11.6. The second-order valence-electron chi connectivity index (χ2n) is 6.21. The molecule has 2 aromatic carbocycles. The molecule has 0 aromatic heterocycles. The van der Waals surface area contributed by atoms with Crippen LogP contribution in [0.1, 0.15) is 24.8 Å². The van der Waals surface area contributed by atoms with Crippen LogP contribution in [0.4, 0.5) is 5.69 Å². The zero-order valence-electron chi connectivity index (χ0n) is 13.9. The zero-order chi connectivity index (χ0) is 16.9. The van der Waals surface area contributed by atoms with Crippen LogP contribution < -0.4 is 4.90 Å². The Labute approximate surface area is 142 Å². The van der Waals surface area contributed by atoms with Crippen molar-refractivity contribution in [3.05, 3.63) is 66.2 Å². The molecule has 2 amide bonds. The molecular formula is C20H22N2O2. The third-order valence-electron chi connectivity index (χ3n) is 4.49. The molecule has 1 fully saturated rings. The summed E-state index contributed by atoms with van der Waals surface area (Å²) in [6.45, 7) is 3.35. The molecule has 0 radical (unpaired) electrons. The minimum Gasteiger partial charge on any atom is -0.332 e. The predicted molar refractivity (Wildman–Crippen MR) is 94.8 cm³/mol. The van der Waals surface area contributed by atoms with Crippen molar-refractivity contribution in [2.75, 3.05) is 24.5 Å². The molecule has 1 atom stereocenters. The number of carbonyl (C=O) groups is 2. The van der Waals surface area contributed by atoms with Crippen LogP contribution in [-0.2, 0) is 9.59 Å². The number of para-hydroxylation sites is 1. The van der Waals surface area contributed by atoms with Gasteiger partial charge < -0.3 is 9.80 Å². The molecule has 4 nitrogen and oxygen atoms in total. The fourth-order valence-electron chi connectivity index (χ4n) is 3.06. The van der Waals surface area contributed by atoms with E-state index in [1.165, 1.54) is 0 Å². The normalized spacial score (nSPS) is 16.1. The summed E-state index contributed by atoms with van der Waals surface area (Å²) in [6, 6.07) is 19.6. The van der Waals surface area contributed by atoms with Crippen LogP contribution in [0.2, 0.25) is 0 Å². The first kappa shape index (κ1) is 16.2. The van der Waals surface area contributed by atoms with E-state index in [0.717, 1.165) is 11.3 Å². The van der Waals surface area contributed by atoms with Crippen molar-refractivity contribution >= 4 is 17.5 Å². The van der Waals surface area contributed by atoms with Crippen LogP contribution >= 0.6 is 0 Å². The van der Waals surface area contributed by atoms with Crippen molar-refractivity contribution in [3.8, 4) is 0 Å². The smallest absolute Gasteiger partial charge is 0.246 e. The summed E-state index contributed by atoms with van der Waals surface area (Å²) in [7, 11) is 0. The highest BCUT2D eigenvalue weighted by Gasteiger charge is 2.28. The molecule has 0 saturated carbocycles. The van der Waals surface area contributed by atoms with Gasteiger partial charge in [-0.3, -0.25) is 9.59 Å². The Morgan fingerprint density at radius 3 is 2.25 bits per heavy atom. The molecule has 24 heavy (non-hydrogen) atoms. The maximum absolute atomic E-state index is 12.5. The van der Waals surface area contributed by atoms with Crippen molar-refractivity contribution < 1.29 is 9.59 Å². The summed E-state index contributed by atoms with van der Waals surface area (Å²) >= 11 is 0. The van der Waals surface area contributed by atoms with Gasteiger partial charge in [0, 0.05) is 25.2 Å². The Bertz CT molecular complexity index is 700. The minimum absolute atomic E-state index is 0.0202. The number of hydrogen-bond donors (Lipinski definition) is 0. The van der Waals surface area contributed by atoms with Gasteiger partial charge in [-0.05, 0) is 23.6 Å².